The molecule has 1 heterocycles. The zero-order valence-electron chi connectivity index (χ0n) is 8.41. The highest BCUT2D eigenvalue weighted by molar-refractivity contribution is 7.99. The first-order valence-electron chi connectivity index (χ1n) is 4.57. The number of nitrogens with zero attached hydrogens (tertiary/aromatic N) is 1. The van der Waals surface area contributed by atoms with Gasteiger partial charge in [0.25, 0.3) is 0 Å². The summed E-state index contributed by atoms with van der Waals surface area (Å²) in [5.41, 5.74) is 0. The van der Waals surface area contributed by atoms with Crippen LogP contribution in [0.5, 0.6) is 0 Å². The highest BCUT2D eigenvalue weighted by Crippen LogP contribution is 2.23. The fraction of sp³-hybridized carbons (Fsp3) is 0.500. The van der Waals surface area contributed by atoms with Crippen molar-refractivity contribution in [3.05, 3.63) is 18.1 Å². The molecule has 0 saturated carbocycles. The van der Waals surface area contributed by atoms with Gasteiger partial charge in [-0.2, -0.15) is 5.26 Å². The van der Waals surface area contributed by atoms with Crippen molar-refractivity contribution in [2.75, 3.05) is 12.3 Å². The Kier molecular flexibility index (Phi) is 4.57. The fourth-order valence-corrected chi connectivity index (χ4v) is 2.03. The van der Waals surface area contributed by atoms with E-state index in [-0.39, 0.29) is 6.04 Å². The van der Waals surface area contributed by atoms with Crippen LogP contribution in [-0.2, 0) is 0 Å². The van der Waals surface area contributed by atoms with Crippen LogP contribution in [0.1, 0.15) is 12.7 Å². The van der Waals surface area contributed by atoms with Crippen molar-refractivity contribution in [1.82, 2.24) is 5.32 Å². The molecule has 1 atom stereocenters. The molecule has 4 heteroatoms. The monoisotopic (exact) mass is 210 g/mol. The van der Waals surface area contributed by atoms with Gasteiger partial charge in [-0.05, 0) is 19.5 Å². The summed E-state index contributed by atoms with van der Waals surface area (Å²) in [7, 11) is 0. The van der Waals surface area contributed by atoms with Gasteiger partial charge in [-0.15, -0.1) is 11.8 Å². The Labute approximate surface area is 88.5 Å². The number of aryl methyl sites for hydroxylation is 1. The van der Waals surface area contributed by atoms with Crippen molar-refractivity contribution < 1.29 is 4.42 Å². The van der Waals surface area contributed by atoms with Crippen LogP contribution >= 0.6 is 11.8 Å². The second-order valence-corrected chi connectivity index (χ2v) is 3.95. The Morgan fingerprint density at radius 3 is 3.00 bits per heavy atom. The number of hydrogen-bond donors (Lipinski definition) is 1. The van der Waals surface area contributed by atoms with Crippen LogP contribution < -0.4 is 5.32 Å². The van der Waals surface area contributed by atoms with Crippen LogP contribution in [0, 0.1) is 18.3 Å². The van der Waals surface area contributed by atoms with Gasteiger partial charge in [-0.25, -0.2) is 0 Å². The Morgan fingerprint density at radius 2 is 2.50 bits per heavy atom. The summed E-state index contributed by atoms with van der Waals surface area (Å²) in [4.78, 5) is 1.11. The fourth-order valence-electron chi connectivity index (χ4n) is 1.08. The molecule has 1 aromatic rings. The zero-order valence-corrected chi connectivity index (χ0v) is 9.23. The van der Waals surface area contributed by atoms with E-state index in [4.69, 9.17) is 9.68 Å². The number of rotatable bonds is 5. The molecule has 0 aliphatic heterocycles. The molecule has 1 unspecified atom stereocenters. The van der Waals surface area contributed by atoms with Crippen LogP contribution in [0.3, 0.4) is 0 Å². The molecule has 0 fully saturated rings. The van der Waals surface area contributed by atoms with E-state index in [9.17, 15) is 0 Å². The van der Waals surface area contributed by atoms with E-state index in [1.54, 1.807) is 18.0 Å². The van der Waals surface area contributed by atoms with Crippen molar-refractivity contribution in [3.8, 4) is 6.07 Å². The maximum atomic E-state index is 8.81. The molecule has 14 heavy (non-hydrogen) atoms. The van der Waals surface area contributed by atoms with E-state index < -0.39 is 0 Å². The lowest BCUT2D eigenvalue weighted by Crippen LogP contribution is -2.29. The van der Waals surface area contributed by atoms with Gasteiger partial charge in [-0.3, -0.25) is 0 Å². The predicted octanol–water partition coefficient (Wildman–Crippen LogP) is 2.18. The first-order valence-corrected chi connectivity index (χ1v) is 5.56. The van der Waals surface area contributed by atoms with Gasteiger partial charge in [0.2, 0.25) is 0 Å². The Morgan fingerprint density at radius 1 is 1.71 bits per heavy atom. The van der Waals surface area contributed by atoms with Crippen LogP contribution in [0.15, 0.2) is 21.6 Å². The summed E-state index contributed by atoms with van der Waals surface area (Å²) < 4.78 is 5.17. The van der Waals surface area contributed by atoms with Crippen LogP contribution in [0.2, 0.25) is 0 Å². The maximum Gasteiger partial charge on any atom is 0.114 e. The van der Waals surface area contributed by atoms with Crippen LogP contribution in [0.4, 0.5) is 0 Å². The van der Waals surface area contributed by atoms with Gasteiger partial charge in [-0.1, -0.05) is 6.92 Å². The molecule has 3 nitrogen and oxygen atoms in total. The van der Waals surface area contributed by atoms with E-state index in [2.05, 4.69) is 11.4 Å². The van der Waals surface area contributed by atoms with Gasteiger partial charge < -0.3 is 9.73 Å². The minimum absolute atomic E-state index is 0.0840. The summed E-state index contributed by atoms with van der Waals surface area (Å²) in [5.74, 6) is 1.67. The zero-order chi connectivity index (χ0) is 10.4. The van der Waals surface area contributed by atoms with E-state index in [0.717, 1.165) is 23.0 Å². The Hall–Kier alpha value is -0.920. The van der Waals surface area contributed by atoms with Gasteiger partial charge in [0.05, 0.1) is 12.3 Å². The third-order valence-corrected chi connectivity index (χ3v) is 3.06. The minimum Gasteiger partial charge on any atom is -0.468 e. The smallest absolute Gasteiger partial charge is 0.114 e. The lowest BCUT2D eigenvalue weighted by molar-refractivity contribution is 0.527. The second kappa shape index (κ2) is 5.74. The summed E-state index contributed by atoms with van der Waals surface area (Å²) in [6.45, 7) is 4.75. The van der Waals surface area contributed by atoms with Crippen molar-refractivity contribution in [1.29, 1.82) is 5.26 Å². The van der Waals surface area contributed by atoms with Gasteiger partial charge >= 0.3 is 0 Å². The summed E-state index contributed by atoms with van der Waals surface area (Å²) in [5, 5.41) is 11.9. The average molecular weight is 210 g/mol. The predicted molar refractivity (Wildman–Crippen MR) is 57.2 cm³/mol. The maximum absolute atomic E-state index is 8.81. The van der Waals surface area contributed by atoms with E-state index in [1.165, 1.54) is 0 Å². The highest BCUT2D eigenvalue weighted by Gasteiger charge is 2.08. The summed E-state index contributed by atoms with van der Waals surface area (Å²) in [6.07, 6.45) is 1.67. The summed E-state index contributed by atoms with van der Waals surface area (Å²) in [6, 6.07) is 4.07. The lowest BCUT2D eigenvalue weighted by atomic mass is 10.4. The molecule has 0 saturated heterocycles. The number of furan rings is 1. The third-order valence-electron chi connectivity index (χ3n) is 1.82. The Balaban J connectivity index is 2.40. The molecule has 0 radical (unpaired) electrons. The number of nitrogens with one attached hydrogen (secondary N) is 1. The van der Waals surface area contributed by atoms with Gasteiger partial charge in [0.1, 0.15) is 11.8 Å². The first-order chi connectivity index (χ1) is 6.77. The molecular weight excluding hydrogens is 196 g/mol. The minimum atomic E-state index is -0.0840. The molecule has 0 spiro atoms. The quantitative estimate of drug-likeness (QED) is 0.757. The highest BCUT2D eigenvalue weighted by atomic mass is 32.2. The number of thioether (sulfide) groups is 1. The molecule has 1 N–H and O–H groups in total. The first kappa shape index (κ1) is 11.2. The van der Waals surface area contributed by atoms with Crippen molar-refractivity contribution >= 4 is 11.8 Å². The van der Waals surface area contributed by atoms with E-state index in [1.807, 2.05) is 19.9 Å². The molecule has 0 amide bonds. The molecule has 0 aliphatic rings. The molecule has 1 aromatic heterocycles. The summed E-state index contributed by atoms with van der Waals surface area (Å²) >= 11 is 1.65. The normalized spacial score (nSPS) is 12.4. The largest absolute Gasteiger partial charge is 0.468 e. The number of hydrogen-bond acceptors (Lipinski definition) is 4. The van der Waals surface area contributed by atoms with E-state index >= 15 is 0 Å². The van der Waals surface area contributed by atoms with Crippen molar-refractivity contribution in [3.63, 3.8) is 0 Å². The average Bonchev–Trinajstić information content (AvgIpc) is 2.59. The molecular formula is C10H14N2OS. The molecule has 0 aromatic carbocycles. The van der Waals surface area contributed by atoms with Crippen LogP contribution in [0.25, 0.3) is 0 Å². The van der Waals surface area contributed by atoms with Crippen molar-refractivity contribution in [2.24, 2.45) is 0 Å². The molecule has 0 aliphatic carbocycles. The molecule has 1 rings (SSSR count). The van der Waals surface area contributed by atoms with E-state index in [0.29, 0.717) is 0 Å². The number of nitriles is 1. The van der Waals surface area contributed by atoms with Gasteiger partial charge in [0.15, 0.2) is 0 Å². The SMILES string of the molecule is CCNC(C#N)CSc1ccoc1C. The molecule has 0 bridgehead atoms. The third kappa shape index (κ3) is 3.09. The standard InChI is InChI=1S/C10H14N2OS/c1-3-12-9(6-11)7-14-10-4-5-13-8(10)2/h4-5,9,12H,3,7H2,1-2H3. The van der Waals surface area contributed by atoms with Gasteiger partial charge in [0, 0.05) is 10.6 Å². The van der Waals surface area contributed by atoms with Crippen LogP contribution in [-0.4, -0.2) is 18.3 Å². The molecule has 76 valence electrons. The topological polar surface area (TPSA) is 49.0 Å². The second-order valence-electron chi connectivity index (χ2n) is 2.89. The Bertz CT molecular complexity index is 316. The lowest BCUT2D eigenvalue weighted by Gasteiger charge is -2.07. The van der Waals surface area contributed by atoms with Crippen molar-refractivity contribution in [2.45, 2.75) is 24.8 Å².